The molecule has 0 aromatic rings. The van der Waals surface area contributed by atoms with Crippen LogP contribution >= 0.6 is 0 Å². The average molecular weight is 371 g/mol. The molecule has 2 saturated carbocycles. The first-order valence-electron chi connectivity index (χ1n) is 10.8. The first-order chi connectivity index (χ1) is 12.1. The van der Waals surface area contributed by atoms with Gasteiger partial charge in [0.2, 0.25) is 0 Å². The standard InChI is InChI=1S/C20H42N2O2Si/c1-5-13-19(15-9-7-10-16-19)21-25(23-3,24-4)22-20(14-6-2)17-11-8-12-18-20/h21-22H,5-18H2,1-4H3. The number of rotatable bonds is 10. The summed E-state index contributed by atoms with van der Waals surface area (Å²) in [5.41, 5.74) is 0.390. The van der Waals surface area contributed by atoms with E-state index in [9.17, 15) is 0 Å². The molecule has 5 heteroatoms. The SMILES string of the molecule is CCCC1(N[Si](NC2(CCC)CCCCC2)(OC)OC)CCCCC1. The summed E-state index contributed by atoms with van der Waals surface area (Å²) in [5, 5.41) is 0. The van der Waals surface area contributed by atoms with Gasteiger partial charge in [-0.25, -0.2) is 0 Å². The highest BCUT2D eigenvalue weighted by Crippen LogP contribution is 2.36. The molecule has 0 heterocycles. The Kier molecular flexibility index (Phi) is 8.40. The Labute approximate surface area is 157 Å². The second-order valence-electron chi connectivity index (χ2n) is 8.46. The Morgan fingerprint density at radius 2 is 1.04 bits per heavy atom. The smallest absolute Gasteiger partial charge is 0.374 e. The van der Waals surface area contributed by atoms with Crippen LogP contribution in [0.1, 0.15) is 104 Å². The van der Waals surface area contributed by atoms with Gasteiger partial charge in [0, 0.05) is 25.3 Å². The monoisotopic (exact) mass is 370 g/mol. The summed E-state index contributed by atoms with van der Waals surface area (Å²) >= 11 is 0. The molecule has 0 atom stereocenters. The van der Waals surface area contributed by atoms with Crippen LogP contribution in [0.2, 0.25) is 0 Å². The first-order valence-corrected chi connectivity index (χ1v) is 12.6. The highest BCUT2D eigenvalue weighted by atomic mass is 28.4. The molecule has 2 rings (SSSR count). The zero-order valence-electron chi connectivity index (χ0n) is 17.2. The van der Waals surface area contributed by atoms with E-state index in [0.717, 1.165) is 0 Å². The van der Waals surface area contributed by atoms with E-state index in [1.165, 1.54) is 89.9 Å². The van der Waals surface area contributed by atoms with Crippen LogP contribution in [0.4, 0.5) is 0 Å². The van der Waals surface area contributed by atoms with Crippen LogP contribution in [0.3, 0.4) is 0 Å². The van der Waals surface area contributed by atoms with Crippen molar-refractivity contribution in [1.82, 2.24) is 9.96 Å². The van der Waals surface area contributed by atoms with Crippen LogP contribution in [-0.4, -0.2) is 34.2 Å². The van der Waals surface area contributed by atoms with Crippen molar-refractivity contribution in [2.75, 3.05) is 14.2 Å². The number of hydrogen-bond donors (Lipinski definition) is 2. The van der Waals surface area contributed by atoms with Crippen LogP contribution in [0.25, 0.3) is 0 Å². The topological polar surface area (TPSA) is 42.5 Å². The molecule has 0 aliphatic heterocycles. The summed E-state index contributed by atoms with van der Waals surface area (Å²) in [4.78, 5) is 7.99. The summed E-state index contributed by atoms with van der Waals surface area (Å²) in [6, 6.07) is 0. The minimum Gasteiger partial charge on any atom is -0.374 e. The molecule has 2 aliphatic carbocycles. The molecule has 0 aromatic heterocycles. The molecule has 0 spiro atoms. The van der Waals surface area contributed by atoms with E-state index in [4.69, 9.17) is 8.85 Å². The molecule has 0 bridgehead atoms. The lowest BCUT2D eigenvalue weighted by Gasteiger charge is -2.48. The van der Waals surface area contributed by atoms with Gasteiger partial charge in [0.1, 0.15) is 0 Å². The fourth-order valence-electron chi connectivity index (χ4n) is 5.31. The van der Waals surface area contributed by atoms with Crippen molar-refractivity contribution in [3.8, 4) is 0 Å². The highest BCUT2D eigenvalue weighted by Gasteiger charge is 2.50. The summed E-state index contributed by atoms with van der Waals surface area (Å²) in [7, 11) is 1.03. The van der Waals surface area contributed by atoms with Crippen molar-refractivity contribution in [2.45, 2.75) is 115 Å². The zero-order chi connectivity index (χ0) is 18.2. The number of hydrogen-bond acceptors (Lipinski definition) is 4. The Balaban J connectivity index is 2.20. The van der Waals surface area contributed by atoms with Gasteiger partial charge in [-0.1, -0.05) is 65.2 Å². The van der Waals surface area contributed by atoms with Crippen molar-refractivity contribution >= 4 is 8.88 Å². The predicted octanol–water partition coefficient (Wildman–Crippen LogP) is 4.90. The second kappa shape index (κ2) is 9.84. The van der Waals surface area contributed by atoms with Gasteiger partial charge in [-0.3, -0.25) is 9.96 Å². The van der Waals surface area contributed by atoms with Gasteiger partial charge < -0.3 is 8.85 Å². The van der Waals surface area contributed by atoms with Gasteiger partial charge in [0.25, 0.3) is 0 Å². The lowest BCUT2D eigenvalue weighted by Crippen LogP contribution is -2.76. The van der Waals surface area contributed by atoms with E-state index in [2.05, 4.69) is 23.8 Å². The van der Waals surface area contributed by atoms with Crippen molar-refractivity contribution in [2.24, 2.45) is 0 Å². The van der Waals surface area contributed by atoms with Gasteiger partial charge in [0.15, 0.2) is 0 Å². The van der Waals surface area contributed by atoms with E-state index in [1.54, 1.807) is 0 Å². The van der Waals surface area contributed by atoms with E-state index < -0.39 is 8.88 Å². The molecule has 148 valence electrons. The fraction of sp³-hybridized carbons (Fsp3) is 1.00. The van der Waals surface area contributed by atoms with E-state index in [1.807, 2.05) is 14.2 Å². The maximum absolute atomic E-state index is 6.13. The minimum absolute atomic E-state index is 0.195. The van der Waals surface area contributed by atoms with Gasteiger partial charge in [-0.05, 0) is 38.5 Å². The maximum atomic E-state index is 6.13. The van der Waals surface area contributed by atoms with Crippen LogP contribution in [-0.2, 0) is 8.85 Å². The Bertz CT molecular complexity index is 333. The van der Waals surface area contributed by atoms with Gasteiger partial charge in [-0.15, -0.1) is 0 Å². The van der Waals surface area contributed by atoms with Crippen LogP contribution in [0.5, 0.6) is 0 Å². The van der Waals surface area contributed by atoms with Gasteiger partial charge >= 0.3 is 8.88 Å². The molecule has 25 heavy (non-hydrogen) atoms. The van der Waals surface area contributed by atoms with Crippen molar-refractivity contribution < 1.29 is 8.85 Å². The third kappa shape index (κ3) is 5.52. The Hall–Kier alpha value is 0.0569. The second-order valence-corrected chi connectivity index (χ2v) is 11.0. The molecule has 2 N–H and O–H groups in total. The van der Waals surface area contributed by atoms with E-state index in [0.29, 0.717) is 0 Å². The molecule has 0 unspecified atom stereocenters. The first kappa shape index (κ1) is 21.4. The third-order valence-electron chi connectivity index (χ3n) is 6.51. The average Bonchev–Trinajstić information content (AvgIpc) is 2.63. The predicted molar refractivity (Wildman–Crippen MR) is 107 cm³/mol. The van der Waals surface area contributed by atoms with Gasteiger partial charge in [-0.2, -0.15) is 0 Å². The largest absolute Gasteiger partial charge is 0.517 e. The van der Waals surface area contributed by atoms with E-state index in [-0.39, 0.29) is 11.1 Å². The van der Waals surface area contributed by atoms with Gasteiger partial charge in [0.05, 0.1) is 0 Å². The molecule has 4 nitrogen and oxygen atoms in total. The summed E-state index contributed by atoms with van der Waals surface area (Å²) in [6.07, 6.45) is 17.9. The Morgan fingerprint density at radius 1 is 0.680 bits per heavy atom. The highest BCUT2D eigenvalue weighted by molar-refractivity contribution is 6.62. The quantitative estimate of drug-likeness (QED) is 0.537. The van der Waals surface area contributed by atoms with Crippen molar-refractivity contribution in [1.29, 1.82) is 0 Å². The molecule has 2 aliphatic rings. The molecule has 0 aromatic carbocycles. The molecule has 2 fully saturated rings. The van der Waals surface area contributed by atoms with Crippen molar-refractivity contribution in [3.63, 3.8) is 0 Å². The molecule has 0 saturated heterocycles. The summed E-state index contributed by atoms with van der Waals surface area (Å²) in [6.45, 7) is 4.60. The van der Waals surface area contributed by atoms with Crippen molar-refractivity contribution in [3.05, 3.63) is 0 Å². The lowest BCUT2D eigenvalue weighted by molar-refractivity contribution is 0.131. The third-order valence-corrected chi connectivity index (χ3v) is 9.38. The molecule has 0 amide bonds. The Morgan fingerprint density at radius 3 is 1.32 bits per heavy atom. The van der Waals surface area contributed by atoms with Crippen LogP contribution < -0.4 is 9.96 Å². The minimum atomic E-state index is -2.64. The molecular weight excluding hydrogens is 328 g/mol. The summed E-state index contributed by atoms with van der Waals surface area (Å²) in [5.74, 6) is 0. The van der Waals surface area contributed by atoms with Crippen LogP contribution in [0.15, 0.2) is 0 Å². The van der Waals surface area contributed by atoms with E-state index >= 15 is 0 Å². The summed E-state index contributed by atoms with van der Waals surface area (Å²) < 4.78 is 12.3. The normalized spacial score (nSPS) is 23.5. The van der Waals surface area contributed by atoms with Crippen LogP contribution in [0, 0.1) is 0 Å². The maximum Gasteiger partial charge on any atom is 0.517 e. The molecule has 0 radical (unpaired) electrons. The molecular formula is C20H42N2O2Si. The number of nitrogens with one attached hydrogen (secondary N) is 2. The zero-order valence-corrected chi connectivity index (χ0v) is 18.2. The lowest BCUT2D eigenvalue weighted by atomic mass is 9.79. The fourth-order valence-corrected chi connectivity index (χ4v) is 8.09.